The summed E-state index contributed by atoms with van der Waals surface area (Å²) in [5, 5.41) is 3.32. The van der Waals surface area contributed by atoms with Crippen molar-refractivity contribution >= 4 is 23.7 Å². The van der Waals surface area contributed by atoms with Crippen molar-refractivity contribution in [1.82, 2.24) is 5.43 Å². The maximum atomic E-state index is 11.5. The van der Waals surface area contributed by atoms with Crippen LogP contribution in [0.3, 0.4) is 0 Å². The molecule has 1 aliphatic heterocycles. The van der Waals surface area contributed by atoms with Crippen LogP contribution in [-0.2, 0) is 4.79 Å². The third-order valence-corrected chi connectivity index (χ3v) is 3.84. The molecule has 6 heteroatoms. The van der Waals surface area contributed by atoms with Crippen LogP contribution in [0, 0.1) is 0 Å². The van der Waals surface area contributed by atoms with Crippen LogP contribution in [0.2, 0.25) is 0 Å². The molecule has 20 heavy (non-hydrogen) atoms. The van der Waals surface area contributed by atoms with Gasteiger partial charge in [-0.25, -0.2) is 15.4 Å². The Morgan fingerprint density at radius 2 is 2.00 bits per heavy atom. The maximum absolute atomic E-state index is 11.5. The van der Waals surface area contributed by atoms with Crippen LogP contribution < -0.4 is 22.0 Å². The Hall–Kier alpha value is -2.15. The molecule has 0 fully saturated rings. The Bertz CT molecular complexity index is 782. The fourth-order valence-electron chi connectivity index (χ4n) is 1.99. The van der Waals surface area contributed by atoms with Crippen LogP contribution in [0.15, 0.2) is 57.5 Å². The van der Waals surface area contributed by atoms with Crippen LogP contribution in [0.5, 0.6) is 0 Å². The van der Waals surface area contributed by atoms with E-state index in [1.54, 1.807) is 17.4 Å². The first-order chi connectivity index (χ1) is 9.77. The lowest BCUT2D eigenvalue weighted by atomic mass is 10.1. The minimum Gasteiger partial charge on any atom is -0.299 e. The number of hydrazine groups is 1. The standard InChI is InChI=1S/C14H12N4OS/c15-18-14(9-19)13(8-10-4-3-7-20-10)16-11-5-1-2-6-12(11)17-14/h1-9,18H,15H2. The highest BCUT2D eigenvalue weighted by Crippen LogP contribution is 2.23. The van der Waals surface area contributed by atoms with E-state index in [-0.39, 0.29) is 0 Å². The van der Waals surface area contributed by atoms with E-state index in [4.69, 9.17) is 5.84 Å². The molecule has 0 spiro atoms. The molecule has 3 N–H and O–H groups in total. The molecular weight excluding hydrogens is 272 g/mol. The van der Waals surface area contributed by atoms with Crippen LogP contribution in [0.25, 0.3) is 6.08 Å². The van der Waals surface area contributed by atoms with Gasteiger partial charge in [-0.3, -0.25) is 10.6 Å². The van der Waals surface area contributed by atoms with Gasteiger partial charge in [0.2, 0.25) is 5.66 Å². The molecule has 5 nitrogen and oxygen atoms in total. The second-order valence-electron chi connectivity index (χ2n) is 4.29. The fraction of sp³-hybridized carbons (Fsp3) is 0.0714. The Kier molecular flexibility index (Phi) is 3.27. The fourth-order valence-corrected chi connectivity index (χ4v) is 2.64. The molecule has 1 unspecified atom stereocenters. The molecule has 0 aliphatic carbocycles. The topological polar surface area (TPSA) is 79.8 Å². The first-order valence-electron chi connectivity index (χ1n) is 6.01. The highest BCUT2D eigenvalue weighted by atomic mass is 32.1. The molecular formula is C14H12N4OS. The van der Waals surface area contributed by atoms with Gasteiger partial charge in [-0.2, -0.15) is 0 Å². The summed E-state index contributed by atoms with van der Waals surface area (Å²) >= 11 is 1.56. The van der Waals surface area contributed by atoms with Gasteiger partial charge in [0.25, 0.3) is 0 Å². The first-order valence-corrected chi connectivity index (χ1v) is 6.89. The molecule has 2 aromatic rings. The summed E-state index contributed by atoms with van der Waals surface area (Å²) in [5.74, 6) is 5.55. The largest absolute Gasteiger partial charge is 0.299 e. The molecule has 0 bridgehead atoms. The predicted octanol–water partition coefficient (Wildman–Crippen LogP) is 0.401. The number of hydrogen-bond donors (Lipinski definition) is 2. The third kappa shape index (κ3) is 2.09. The molecule has 0 saturated carbocycles. The van der Waals surface area contributed by atoms with Gasteiger partial charge >= 0.3 is 0 Å². The van der Waals surface area contributed by atoms with Crippen molar-refractivity contribution in [3.05, 3.63) is 63.1 Å². The van der Waals surface area contributed by atoms with Crippen molar-refractivity contribution in [2.45, 2.75) is 5.66 Å². The number of hydrogen-bond acceptors (Lipinski definition) is 6. The van der Waals surface area contributed by atoms with Crippen molar-refractivity contribution in [3.8, 4) is 0 Å². The van der Waals surface area contributed by atoms with E-state index in [2.05, 4.69) is 15.4 Å². The van der Waals surface area contributed by atoms with Gasteiger partial charge in [0, 0.05) is 4.88 Å². The van der Waals surface area contributed by atoms with Gasteiger partial charge in [-0.1, -0.05) is 18.2 Å². The van der Waals surface area contributed by atoms with E-state index in [1.165, 1.54) is 0 Å². The summed E-state index contributed by atoms with van der Waals surface area (Å²) in [6.45, 7) is 0. The minimum atomic E-state index is -1.33. The molecule has 1 aromatic heterocycles. The maximum Gasteiger partial charge on any atom is 0.221 e. The van der Waals surface area contributed by atoms with E-state index in [9.17, 15) is 4.79 Å². The Labute approximate surface area is 119 Å². The van der Waals surface area contributed by atoms with Crippen LogP contribution in [0.4, 0.5) is 0 Å². The number of nitrogens with zero attached hydrogens (tertiary/aromatic N) is 2. The number of aldehydes is 1. The first kappa shape index (κ1) is 12.9. The van der Waals surface area contributed by atoms with E-state index < -0.39 is 5.66 Å². The molecule has 0 radical (unpaired) electrons. The average molecular weight is 284 g/mol. The van der Waals surface area contributed by atoms with Crippen LogP contribution >= 0.6 is 11.3 Å². The highest BCUT2D eigenvalue weighted by molar-refractivity contribution is 7.10. The summed E-state index contributed by atoms with van der Waals surface area (Å²) < 4.78 is 0. The van der Waals surface area contributed by atoms with Crippen molar-refractivity contribution in [3.63, 3.8) is 0 Å². The number of benzene rings is 1. The van der Waals surface area contributed by atoms with Gasteiger partial charge < -0.3 is 0 Å². The van der Waals surface area contributed by atoms with Crippen molar-refractivity contribution in [1.29, 1.82) is 0 Å². The molecule has 1 aliphatic rings. The number of carbonyl (C=O) groups excluding carboxylic acids is 1. The van der Waals surface area contributed by atoms with Crippen molar-refractivity contribution in [2.75, 3.05) is 0 Å². The molecule has 1 aromatic carbocycles. The molecule has 0 saturated heterocycles. The summed E-state index contributed by atoms with van der Waals surface area (Å²) in [6, 6.07) is 11.3. The normalized spacial score (nSPS) is 22.8. The van der Waals surface area contributed by atoms with Gasteiger partial charge in [-0.15, -0.1) is 11.3 Å². The monoisotopic (exact) mass is 284 g/mol. The van der Waals surface area contributed by atoms with E-state index in [0.717, 1.165) is 10.2 Å². The molecule has 3 rings (SSSR count). The van der Waals surface area contributed by atoms with Crippen LogP contribution in [0.1, 0.15) is 4.88 Å². The number of carbonyl (C=O) groups is 1. The quantitative estimate of drug-likeness (QED) is 0.486. The molecule has 1 atom stereocenters. The molecule has 0 amide bonds. The Balaban J connectivity index is 2.26. The summed E-state index contributed by atoms with van der Waals surface area (Å²) in [4.78, 5) is 21.4. The summed E-state index contributed by atoms with van der Waals surface area (Å²) in [6.07, 6.45) is 2.49. The number of fused-ring (bicyclic) bond motifs is 1. The number of nitrogens with one attached hydrogen (secondary N) is 1. The zero-order chi connectivity index (χ0) is 14.0. The van der Waals surface area contributed by atoms with E-state index in [0.29, 0.717) is 17.3 Å². The highest BCUT2D eigenvalue weighted by Gasteiger charge is 2.34. The van der Waals surface area contributed by atoms with Crippen molar-refractivity contribution < 1.29 is 4.79 Å². The number of thiophene rings is 1. The SMILES string of the molecule is NNC1(C=O)N=c2ccccc2=NC1=Cc1cccs1. The van der Waals surface area contributed by atoms with Gasteiger partial charge in [-0.05, 0) is 29.7 Å². The molecule has 2 heterocycles. The second kappa shape index (κ2) is 5.09. The average Bonchev–Trinajstić information content (AvgIpc) is 2.99. The molecule has 100 valence electrons. The second-order valence-corrected chi connectivity index (χ2v) is 5.27. The smallest absolute Gasteiger partial charge is 0.221 e. The Morgan fingerprint density at radius 1 is 1.20 bits per heavy atom. The lowest BCUT2D eigenvalue weighted by molar-refractivity contribution is -0.112. The van der Waals surface area contributed by atoms with Crippen molar-refractivity contribution in [2.24, 2.45) is 15.8 Å². The van der Waals surface area contributed by atoms with Gasteiger partial charge in [0.05, 0.1) is 16.4 Å². The number of rotatable bonds is 3. The number of nitrogens with two attached hydrogens (primary N) is 1. The lowest BCUT2D eigenvalue weighted by Gasteiger charge is -2.25. The third-order valence-electron chi connectivity index (χ3n) is 3.02. The predicted molar refractivity (Wildman–Crippen MR) is 77.2 cm³/mol. The minimum absolute atomic E-state index is 0.483. The van der Waals surface area contributed by atoms with Crippen LogP contribution in [-0.4, -0.2) is 11.9 Å². The van der Waals surface area contributed by atoms with Gasteiger partial charge in [0.1, 0.15) is 0 Å². The summed E-state index contributed by atoms with van der Waals surface area (Å²) in [7, 11) is 0. The number of para-hydroxylation sites is 2. The zero-order valence-corrected chi connectivity index (χ0v) is 11.3. The van der Waals surface area contributed by atoms with E-state index >= 15 is 0 Å². The lowest BCUT2D eigenvalue weighted by Crippen LogP contribution is -2.55. The summed E-state index contributed by atoms with van der Waals surface area (Å²) in [5.41, 5.74) is 1.63. The van der Waals surface area contributed by atoms with Gasteiger partial charge in [0.15, 0.2) is 6.29 Å². The Morgan fingerprint density at radius 3 is 2.65 bits per heavy atom. The zero-order valence-electron chi connectivity index (χ0n) is 10.5. The van der Waals surface area contributed by atoms with E-state index in [1.807, 2.05) is 41.8 Å².